The van der Waals surface area contributed by atoms with E-state index in [0.29, 0.717) is 18.1 Å². The van der Waals surface area contributed by atoms with Gasteiger partial charge in [-0.15, -0.1) is 11.3 Å². The summed E-state index contributed by atoms with van der Waals surface area (Å²) >= 11 is 1.28. The highest BCUT2D eigenvalue weighted by molar-refractivity contribution is 7.14. The molecular weight excluding hydrogens is 288 g/mol. The lowest BCUT2D eigenvalue weighted by molar-refractivity contribution is 0.0702. The Labute approximate surface area is 128 Å². The van der Waals surface area contributed by atoms with Crippen LogP contribution < -0.4 is 4.74 Å². The van der Waals surface area contributed by atoms with Crippen LogP contribution in [0.25, 0.3) is 0 Å². The Morgan fingerprint density at radius 1 is 1.29 bits per heavy atom. The zero-order valence-electron chi connectivity index (χ0n) is 12.1. The van der Waals surface area contributed by atoms with E-state index in [4.69, 9.17) is 14.6 Å². The molecule has 0 aliphatic rings. The normalized spacial score (nSPS) is 10.6. The first-order valence-electron chi connectivity index (χ1n) is 6.63. The van der Waals surface area contributed by atoms with Crippen molar-refractivity contribution in [3.05, 3.63) is 51.2 Å². The third-order valence-electron chi connectivity index (χ3n) is 3.14. The predicted octanol–water partition coefficient (Wildman–Crippen LogP) is 3.52. The molecule has 0 saturated carbocycles. The first-order valence-corrected chi connectivity index (χ1v) is 7.45. The Balaban J connectivity index is 1.95. The number of ether oxygens (including phenoxy) is 2. The fourth-order valence-corrected chi connectivity index (χ4v) is 2.77. The second-order valence-corrected chi connectivity index (χ2v) is 5.93. The zero-order chi connectivity index (χ0) is 15.2. The monoisotopic (exact) mass is 306 g/mol. The van der Waals surface area contributed by atoms with Gasteiger partial charge in [-0.25, -0.2) is 4.79 Å². The summed E-state index contributed by atoms with van der Waals surface area (Å²) in [5.74, 6) is -0.115. The van der Waals surface area contributed by atoms with E-state index in [1.54, 1.807) is 13.2 Å². The van der Waals surface area contributed by atoms with Crippen molar-refractivity contribution < 1.29 is 19.4 Å². The number of rotatable bonds is 7. The van der Waals surface area contributed by atoms with Crippen LogP contribution in [0.1, 0.15) is 25.7 Å². The van der Waals surface area contributed by atoms with Gasteiger partial charge in [-0.2, -0.15) is 0 Å². The molecule has 0 atom stereocenters. The lowest BCUT2D eigenvalue weighted by Crippen LogP contribution is -1.97. The van der Waals surface area contributed by atoms with Gasteiger partial charge in [0.05, 0.1) is 6.61 Å². The first kappa shape index (κ1) is 15.5. The summed E-state index contributed by atoms with van der Waals surface area (Å²) < 4.78 is 10.7. The van der Waals surface area contributed by atoms with Crippen molar-refractivity contribution in [2.45, 2.75) is 20.0 Å². The van der Waals surface area contributed by atoms with E-state index in [0.717, 1.165) is 22.6 Å². The zero-order valence-corrected chi connectivity index (χ0v) is 12.9. The molecule has 5 heteroatoms. The summed E-state index contributed by atoms with van der Waals surface area (Å²) in [4.78, 5) is 12.2. The van der Waals surface area contributed by atoms with E-state index in [1.165, 1.54) is 16.9 Å². The van der Waals surface area contributed by atoms with Crippen LogP contribution in [0.5, 0.6) is 5.75 Å². The van der Waals surface area contributed by atoms with Crippen LogP contribution in [-0.2, 0) is 17.8 Å². The van der Waals surface area contributed by atoms with Crippen LogP contribution in [0.2, 0.25) is 0 Å². The fourth-order valence-electron chi connectivity index (χ4n) is 1.90. The van der Waals surface area contributed by atoms with E-state index >= 15 is 0 Å². The molecule has 2 rings (SSSR count). The van der Waals surface area contributed by atoms with E-state index in [2.05, 4.69) is 0 Å². The van der Waals surface area contributed by atoms with E-state index in [9.17, 15) is 4.79 Å². The Morgan fingerprint density at radius 3 is 2.57 bits per heavy atom. The maximum atomic E-state index is 10.9. The molecular formula is C16H18O4S. The van der Waals surface area contributed by atoms with Crippen LogP contribution in [0.4, 0.5) is 0 Å². The van der Waals surface area contributed by atoms with E-state index in [1.807, 2.05) is 31.2 Å². The highest BCUT2D eigenvalue weighted by atomic mass is 32.1. The molecule has 0 aliphatic carbocycles. The summed E-state index contributed by atoms with van der Waals surface area (Å²) in [6.07, 6.45) is 0.877. The molecule has 0 unspecified atom stereocenters. The summed E-state index contributed by atoms with van der Waals surface area (Å²) in [5, 5.41) is 8.97. The summed E-state index contributed by atoms with van der Waals surface area (Å²) in [5.41, 5.74) is 2.12. The van der Waals surface area contributed by atoms with Crippen LogP contribution in [0.3, 0.4) is 0 Å². The molecule has 0 spiro atoms. The van der Waals surface area contributed by atoms with E-state index < -0.39 is 5.97 Å². The number of aromatic carboxylic acids is 1. The highest BCUT2D eigenvalue weighted by Crippen LogP contribution is 2.23. The van der Waals surface area contributed by atoms with Gasteiger partial charge in [0.15, 0.2) is 0 Å². The standard InChI is InChI=1S/C16H18O4S/c1-11-13(9-15(21-11)16(17)18)10-20-14-5-3-12(4-6-14)7-8-19-2/h3-6,9H,7-8,10H2,1-2H3,(H,17,18). The lowest BCUT2D eigenvalue weighted by Gasteiger charge is -2.07. The number of carbonyl (C=O) groups is 1. The average Bonchev–Trinajstić information content (AvgIpc) is 2.85. The van der Waals surface area contributed by atoms with Gasteiger partial charge in [0, 0.05) is 17.6 Å². The molecule has 21 heavy (non-hydrogen) atoms. The number of hydrogen-bond donors (Lipinski definition) is 1. The Kier molecular flexibility index (Phi) is 5.36. The van der Waals surface area contributed by atoms with E-state index in [-0.39, 0.29) is 0 Å². The van der Waals surface area contributed by atoms with Gasteiger partial charge < -0.3 is 14.6 Å². The minimum Gasteiger partial charge on any atom is -0.489 e. The quantitative estimate of drug-likeness (QED) is 0.850. The molecule has 4 nitrogen and oxygen atoms in total. The average molecular weight is 306 g/mol. The van der Waals surface area contributed by atoms with Gasteiger partial charge in [-0.1, -0.05) is 12.1 Å². The number of carboxylic acids is 1. The molecule has 0 radical (unpaired) electrons. The van der Waals surface area contributed by atoms with Crippen molar-refractivity contribution in [2.24, 2.45) is 0 Å². The molecule has 0 saturated heterocycles. The third-order valence-corrected chi connectivity index (χ3v) is 4.22. The maximum absolute atomic E-state index is 10.9. The van der Waals surface area contributed by atoms with Gasteiger partial charge in [0.2, 0.25) is 0 Å². The van der Waals surface area contributed by atoms with Gasteiger partial charge >= 0.3 is 5.97 Å². The number of hydrogen-bond acceptors (Lipinski definition) is 4. The van der Waals surface area contributed by atoms with Crippen molar-refractivity contribution in [1.29, 1.82) is 0 Å². The molecule has 0 fully saturated rings. The SMILES string of the molecule is COCCc1ccc(OCc2cc(C(=O)O)sc2C)cc1. The molecule has 1 aromatic heterocycles. The van der Waals surface area contributed by atoms with Gasteiger partial charge in [0.25, 0.3) is 0 Å². The van der Waals surface area contributed by atoms with Gasteiger partial charge in [-0.05, 0) is 37.1 Å². The summed E-state index contributed by atoms with van der Waals surface area (Å²) in [7, 11) is 1.69. The van der Waals surface area contributed by atoms with Gasteiger partial charge in [-0.3, -0.25) is 0 Å². The number of benzene rings is 1. The smallest absolute Gasteiger partial charge is 0.345 e. The van der Waals surface area contributed by atoms with Crippen LogP contribution >= 0.6 is 11.3 Å². The highest BCUT2D eigenvalue weighted by Gasteiger charge is 2.11. The van der Waals surface area contributed by atoms with Crippen molar-refractivity contribution in [3.63, 3.8) is 0 Å². The number of aryl methyl sites for hydroxylation is 1. The molecule has 1 aromatic carbocycles. The number of thiophene rings is 1. The molecule has 0 aliphatic heterocycles. The van der Waals surface area contributed by atoms with Crippen molar-refractivity contribution >= 4 is 17.3 Å². The fraction of sp³-hybridized carbons (Fsp3) is 0.312. The summed E-state index contributed by atoms with van der Waals surface area (Å²) in [6.45, 7) is 2.99. The minimum absolute atomic E-state index is 0.348. The molecule has 0 amide bonds. The van der Waals surface area contributed by atoms with Crippen LogP contribution in [-0.4, -0.2) is 24.8 Å². The Hall–Kier alpha value is -1.85. The molecule has 1 heterocycles. The summed E-state index contributed by atoms with van der Waals surface area (Å²) in [6, 6.07) is 9.54. The molecule has 1 N–H and O–H groups in total. The van der Waals surface area contributed by atoms with Crippen LogP contribution in [0, 0.1) is 6.92 Å². The number of carboxylic acid groups (broad SMARTS) is 1. The predicted molar refractivity (Wildman–Crippen MR) is 82.4 cm³/mol. The Morgan fingerprint density at radius 2 is 2.00 bits per heavy atom. The van der Waals surface area contributed by atoms with Crippen molar-refractivity contribution in [2.75, 3.05) is 13.7 Å². The maximum Gasteiger partial charge on any atom is 0.345 e. The molecule has 0 bridgehead atoms. The second-order valence-electron chi connectivity index (χ2n) is 4.67. The van der Waals surface area contributed by atoms with Crippen molar-refractivity contribution in [1.82, 2.24) is 0 Å². The topological polar surface area (TPSA) is 55.8 Å². The molecule has 2 aromatic rings. The third kappa shape index (κ3) is 4.31. The van der Waals surface area contributed by atoms with Gasteiger partial charge in [0.1, 0.15) is 17.2 Å². The lowest BCUT2D eigenvalue weighted by atomic mass is 10.1. The van der Waals surface area contributed by atoms with Crippen molar-refractivity contribution in [3.8, 4) is 5.75 Å². The number of methoxy groups -OCH3 is 1. The largest absolute Gasteiger partial charge is 0.489 e. The molecule has 112 valence electrons. The Bertz CT molecular complexity index is 601. The second kappa shape index (κ2) is 7.24. The minimum atomic E-state index is -0.892. The van der Waals surface area contributed by atoms with Crippen LogP contribution in [0.15, 0.2) is 30.3 Å². The first-order chi connectivity index (χ1) is 10.1.